The van der Waals surface area contributed by atoms with Crippen LogP contribution in [-0.4, -0.2) is 64.3 Å². The van der Waals surface area contributed by atoms with Gasteiger partial charge in [0, 0.05) is 57.1 Å². The third kappa shape index (κ3) is 5.40. The van der Waals surface area contributed by atoms with Crippen molar-refractivity contribution >= 4 is 17.6 Å². The number of benzene rings is 2. The summed E-state index contributed by atoms with van der Waals surface area (Å²) < 4.78 is 49.7. The lowest BCUT2D eigenvalue weighted by Gasteiger charge is -2.42. The molecule has 3 atom stereocenters. The summed E-state index contributed by atoms with van der Waals surface area (Å²) in [7, 11) is 3.71. The third-order valence-corrected chi connectivity index (χ3v) is 8.79. The highest BCUT2D eigenvalue weighted by Gasteiger charge is 2.54. The molecule has 1 fully saturated rings. The first-order chi connectivity index (χ1) is 21.5. The molecule has 1 spiro atoms. The summed E-state index contributed by atoms with van der Waals surface area (Å²) in [5, 5.41) is 6.70. The van der Waals surface area contributed by atoms with Gasteiger partial charge < -0.3 is 29.3 Å². The van der Waals surface area contributed by atoms with E-state index in [1.54, 1.807) is 33.7 Å². The van der Waals surface area contributed by atoms with Crippen LogP contribution in [-0.2, 0) is 18.0 Å². The lowest BCUT2D eigenvalue weighted by atomic mass is 9.85. The van der Waals surface area contributed by atoms with E-state index in [1.165, 1.54) is 6.20 Å². The van der Waals surface area contributed by atoms with Gasteiger partial charge in [-0.05, 0) is 25.3 Å². The largest absolute Gasteiger partial charge is 0.483 e. The van der Waals surface area contributed by atoms with Crippen LogP contribution < -0.4 is 15.5 Å². The zero-order chi connectivity index (χ0) is 32.0. The number of amidine groups is 1. The second-order valence-corrected chi connectivity index (χ2v) is 11.9. The Hall–Kier alpha value is -4.81. The van der Waals surface area contributed by atoms with Gasteiger partial charge in [-0.15, -0.1) is 0 Å². The lowest BCUT2D eigenvalue weighted by Crippen LogP contribution is -2.52. The predicted octanol–water partition coefficient (Wildman–Crippen LogP) is 3.99. The van der Waals surface area contributed by atoms with Gasteiger partial charge in [0.25, 0.3) is 11.8 Å². The number of carbonyl (C=O) groups excluding carboxylic acids is 2. The maximum absolute atomic E-state index is 14.3. The summed E-state index contributed by atoms with van der Waals surface area (Å²) in [5.74, 6) is -4.46. The number of nitrogens with zero attached hydrogens (tertiary/aromatic N) is 4. The quantitative estimate of drug-likeness (QED) is 0.446. The Balaban J connectivity index is 1.45. The van der Waals surface area contributed by atoms with Crippen LogP contribution in [0.3, 0.4) is 0 Å². The molecule has 3 aliphatic heterocycles. The minimum Gasteiger partial charge on any atom is -0.483 e. The SMILES string of the molecule is C[C@H]1CC[C@]2(CC(N(C)C)=NO2)[C@H]2CN1C(=O)c1c(OCc3ccccc3)c(=O)c(C(=O)NCc3c(F)cc(F)cc3F)cn12. The molecular formula is C32H32F3N5O5. The van der Waals surface area contributed by atoms with Crippen molar-refractivity contribution in [3.63, 3.8) is 0 Å². The number of hydrogen-bond acceptors (Lipinski definition) is 7. The molecule has 3 aromatic rings. The number of aromatic nitrogens is 1. The van der Waals surface area contributed by atoms with E-state index in [0.717, 1.165) is 5.56 Å². The maximum atomic E-state index is 14.3. The van der Waals surface area contributed by atoms with Crippen molar-refractivity contribution in [2.75, 3.05) is 20.6 Å². The second-order valence-electron chi connectivity index (χ2n) is 11.9. The number of nitrogens with one attached hydrogen (secondary N) is 1. The zero-order valence-electron chi connectivity index (χ0n) is 25.0. The Kier molecular flexibility index (Phi) is 7.79. The number of pyridine rings is 1. The molecule has 0 unspecified atom stereocenters. The number of hydrogen-bond donors (Lipinski definition) is 1. The molecule has 6 rings (SSSR count). The van der Waals surface area contributed by atoms with Crippen molar-refractivity contribution in [3.05, 3.63) is 98.7 Å². The average molecular weight is 624 g/mol. The highest BCUT2D eigenvalue weighted by molar-refractivity contribution is 5.99. The van der Waals surface area contributed by atoms with Crippen molar-refractivity contribution in [3.8, 4) is 5.75 Å². The number of fused-ring (bicyclic) bond motifs is 5. The fourth-order valence-electron chi connectivity index (χ4n) is 6.19. The number of oxime groups is 1. The van der Waals surface area contributed by atoms with E-state index in [9.17, 15) is 27.6 Å². The lowest BCUT2D eigenvalue weighted by molar-refractivity contribution is -0.0656. The van der Waals surface area contributed by atoms with Gasteiger partial charge in [-0.1, -0.05) is 35.5 Å². The Morgan fingerprint density at radius 2 is 1.87 bits per heavy atom. The van der Waals surface area contributed by atoms with Gasteiger partial charge in [0.1, 0.15) is 35.5 Å². The molecule has 4 heterocycles. The third-order valence-electron chi connectivity index (χ3n) is 8.79. The van der Waals surface area contributed by atoms with Crippen LogP contribution in [0.4, 0.5) is 13.2 Å². The van der Waals surface area contributed by atoms with E-state index in [2.05, 4.69) is 10.5 Å². The topological polar surface area (TPSA) is 105 Å². The maximum Gasteiger partial charge on any atom is 0.274 e. The number of rotatable bonds is 6. The molecule has 0 saturated carbocycles. The first kappa shape index (κ1) is 30.2. The van der Waals surface area contributed by atoms with E-state index < -0.39 is 64.0 Å². The van der Waals surface area contributed by atoms with Crippen LogP contribution in [0, 0.1) is 17.5 Å². The van der Waals surface area contributed by atoms with Crippen molar-refractivity contribution in [1.82, 2.24) is 19.7 Å². The summed E-state index contributed by atoms with van der Waals surface area (Å²) in [5.41, 5.74) is -2.01. The Morgan fingerprint density at radius 3 is 2.53 bits per heavy atom. The van der Waals surface area contributed by atoms with Gasteiger partial charge in [-0.25, -0.2) is 13.2 Å². The van der Waals surface area contributed by atoms with E-state index in [-0.39, 0.29) is 30.6 Å². The summed E-state index contributed by atoms with van der Waals surface area (Å²) in [6, 6.07) is 9.28. The molecule has 236 valence electrons. The van der Waals surface area contributed by atoms with Gasteiger partial charge in [0.15, 0.2) is 17.0 Å². The number of halogens is 3. The molecule has 3 aliphatic rings. The number of ether oxygens (including phenoxy) is 1. The van der Waals surface area contributed by atoms with Crippen molar-refractivity contribution in [2.45, 2.75) is 57.0 Å². The molecule has 10 nitrogen and oxygen atoms in total. The number of amides is 2. The molecule has 2 bridgehead atoms. The monoisotopic (exact) mass is 623 g/mol. The molecule has 2 amide bonds. The molecule has 0 radical (unpaired) electrons. The number of carbonyl (C=O) groups is 2. The van der Waals surface area contributed by atoms with E-state index in [1.807, 2.05) is 32.0 Å². The van der Waals surface area contributed by atoms with E-state index >= 15 is 0 Å². The second kappa shape index (κ2) is 11.6. The summed E-state index contributed by atoms with van der Waals surface area (Å²) in [6.07, 6.45) is 2.86. The Labute approximate surface area is 257 Å². The van der Waals surface area contributed by atoms with Crippen LogP contribution in [0.1, 0.15) is 64.2 Å². The smallest absolute Gasteiger partial charge is 0.274 e. The van der Waals surface area contributed by atoms with Gasteiger partial charge >= 0.3 is 0 Å². The Morgan fingerprint density at radius 1 is 1.16 bits per heavy atom. The van der Waals surface area contributed by atoms with E-state index in [4.69, 9.17) is 9.57 Å². The van der Waals surface area contributed by atoms with Crippen LogP contribution >= 0.6 is 0 Å². The highest BCUT2D eigenvalue weighted by atomic mass is 19.1. The summed E-state index contributed by atoms with van der Waals surface area (Å²) in [6.45, 7) is 1.45. The molecule has 1 saturated heterocycles. The van der Waals surface area contributed by atoms with Crippen LogP contribution in [0.25, 0.3) is 0 Å². The molecule has 45 heavy (non-hydrogen) atoms. The van der Waals surface area contributed by atoms with E-state index in [0.29, 0.717) is 37.2 Å². The minimum atomic E-state index is -1.18. The summed E-state index contributed by atoms with van der Waals surface area (Å²) >= 11 is 0. The molecular weight excluding hydrogens is 591 g/mol. The molecule has 2 aromatic carbocycles. The van der Waals surface area contributed by atoms with Gasteiger partial charge in [-0.2, -0.15) is 0 Å². The van der Waals surface area contributed by atoms with Crippen molar-refractivity contribution in [2.24, 2.45) is 5.16 Å². The van der Waals surface area contributed by atoms with Gasteiger partial charge in [-0.3, -0.25) is 14.4 Å². The average Bonchev–Trinajstić information content (AvgIpc) is 3.40. The predicted molar refractivity (Wildman–Crippen MR) is 157 cm³/mol. The van der Waals surface area contributed by atoms with Crippen molar-refractivity contribution < 1.29 is 32.3 Å². The first-order valence-electron chi connectivity index (χ1n) is 14.6. The Bertz CT molecular complexity index is 1740. The van der Waals surface area contributed by atoms with Gasteiger partial charge in [0.2, 0.25) is 5.43 Å². The first-order valence-corrected chi connectivity index (χ1v) is 14.6. The molecule has 1 aromatic heterocycles. The molecule has 13 heteroatoms. The standard InChI is InChI=1S/C32H32F3N5O5/c1-18-9-10-32(13-26(37-45-32)38(2)3)25-16-39(18)31(43)27-29(44-17-19-7-5-4-6-8-19)28(41)22(15-40(25)27)30(42)36-14-21-23(34)11-20(33)12-24(21)35/h4-8,11-12,15,18,25H,9-10,13-14,16-17H2,1-3H3,(H,36,42)/t18-,25+,32-/m0/s1. The normalized spacial score (nSPS) is 22.0. The van der Waals surface area contributed by atoms with Gasteiger partial charge in [0.05, 0.1) is 12.5 Å². The van der Waals surface area contributed by atoms with Crippen molar-refractivity contribution in [1.29, 1.82) is 0 Å². The zero-order valence-corrected chi connectivity index (χ0v) is 25.0. The fraction of sp³-hybridized carbons (Fsp3) is 0.375. The molecule has 1 N–H and O–H groups in total. The summed E-state index contributed by atoms with van der Waals surface area (Å²) in [4.78, 5) is 51.2. The van der Waals surface area contributed by atoms with Crippen LogP contribution in [0.2, 0.25) is 0 Å². The highest BCUT2D eigenvalue weighted by Crippen LogP contribution is 2.46. The van der Waals surface area contributed by atoms with Crippen LogP contribution in [0.5, 0.6) is 5.75 Å². The molecule has 0 aliphatic carbocycles. The minimum absolute atomic E-state index is 0.0191. The fourth-order valence-corrected chi connectivity index (χ4v) is 6.19. The van der Waals surface area contributed by atoms with Crippen LogP contribution in [0.15, 0.2) is 58.6 Å².